The van der Waals surface area contributed by atoms with Crippen molar-refractivity contribution in [3.8, 4) is 5.75 Å². The Morgan fingerprint density at radius 2 is 1.94 bits per heavy atom. The van der Waals surface area contributed by atoms with Gasteiger partial charge in [-0.25, -0.2) is 4.39 Å². The predicted octanol–water partition coefficient (Wildman–Crippen LogP) is 2.92. The summed E-state index contributed by atoms with van der Waals surface area (Å²) in [4.78, 5) is 1.38. The fourth-order valence-corrected chi connectivity index (χ4v) is 1.37. The monoisotopic (exact) mass is 251 g/mol. The summed E-state index contributed by atoms with van der Waals surface area (Å²) >= 11 is 0. The topological polar surface area (TPSA) is 23.5 Å². The summed E-state index contributed by atoms with van der Waals surface area (Å²) in [6, 6.07) is 3.39. The van der Waals surface area contributed by atoms with Gasteiger partial charge in [-0.05, 0) is 25.2 Å². The molecule has 0 atom stereocenters. The molecule has 0 aliphatic rings. The Kier molecular flexibility index (Phi) is 4.34. The minimum Gasteiger partial charge on any atom is -0.508 e. The lowest BCUT2D eigenvalue weighted by atomic mass is 10.2. The molecule has 0 saturated heterocycles. The maximum absolute atomic E-state index is 12.9. The molecular weight excluding hydrogens is 238 g/mol. The smallest absolute Gasteiger partial charge is 0.390 e. The van der Waals surface area contributed by atoms with Gasteiger partial charge in [0.25, 0.3) is 0 Å². The van der Waals surface area contributed by atoms with Gasteiger partial charge >= 0.3 is 6.18 Å². The van der Waals surface area contributed by atoms with Gasteiger partial charge in [0.1, 0.15) is 11.6 Å². The number of phenolic OH excluding ortho intramolecular Hbond substituents is 1. The van der Waals surface area contributed by atoms with Crippen molar-refractivity contribution >= 4 is 0 Å². The highest BCUT2D eigenvalue weighted by Gasteiger charge is 2.27. The molecule has 1 aromatic rings. The van der Waals surface area contributed by atoms with Gasteiger partial charge in [-0.3, -0.25) is 0 Å². The number of alkyl halides is 3. The van der Waals surface area contributed by atoms with E-state index < -0.39 is 18.4 Å². The summed E-state index contributed by atoms with van der Waals surface area (Å²) in [5.41, 5.74) is 0.273. The quantitative estimate of drug-likeness (QED) is 0.832. The maximum atomic E-state index is 12.9. The highest BCUT2D eigenvalue weighted by atomic mass is 19.4. The average molecular weight is 251 g/mol. The van der Waals surface area contributed by atoms with E-state index in [0.29, 0.717) is 0 Å². The van der Waals surface area contributed by atoms with E-state index in [0.717, 1.165) is 12.1 Å². The number of hydrogen-bond donors (Lipinski definition) is 1. The fourth-order valence-electron chi connectivity index (χ4n) is 1.37. The summed E-state index contributed by atoms with van der Waals surface area (Å²) in [5.74, 6) is -0.646. The van der Waals surface area contributed by atoms with Crippen molar-refractivity contribution in [2.45, 2.75) is 19.1 Å². The first-order valence-corrected chi connectivity index (χ1v) is 5.00. The van der Waals surface area contributed by atoms with Crippen LogP contribution < -0.4 is 0 Å². The van der Waals surface area contributed by atoms with Gasteiger partial charge < -0.3 is 10.0 Å². The van der Waals surface area contributed by atoms with E-state index in [2.05, 4.69) is 0 Å². The SMILES string of the molecule is CN(CCC(F)(F)F)Cc1cc(F)ccc1O. The van der Waals surface area contributed by atoms with Crippen LogP contribution in [0, 0.1) is 5.82 Å². The Labute approximate surface area is 96.5 Å². The van der Waals surface area contributed by atoms with Crippen LogP contribution in [-0.4, -0.2) is 29.8 Å². The van der Waals surface area contributed by atoms with Crippen molar-refractivity contribution in [2.24, 2.45) is 0 Å². The van der Waals surface area contributed by atoms with E-state index in [1.54, 1.807) is 0 Å². The molecule has 0 heterocycles. The van der Waals surface area contributed by atoms with E-state index in [1.807, 2.05) is 0 Å². The summed E-state index contributed by atoms with van der Waals surface area (Å²) in [7, 11) is 1.48. The van der Waals surface area contributed by atoms with Gasteiger partial charge in [-0.15, -0.1) is 0 Å². The zero-order valence-corrected chi connectivity index (χ0v) is 9.26. The van der Waals surface area contributed by atoms with Crippen LogP contribution in [-0.2, 0) is 6.54 Å². The second kappa shape index (κ2) is 5.35. The molecule has 2 nitrogen and oxygen atoms in total. The Bertz CT molecular complexity index is 378. The normalized spacial score (nSPS) is 12.1. The summed E-state index contributed by atoms with van der Waals surface area (Å²) in [5, 5.41) is 9.40. The van der Waals surface area contributed by atoms with E-state index in [9.17, 15) is 22.7 Å². The van der Waals surface area contributed by atoms with E-state index in [-0.39, 0.29) is 24.4 Å². The number of halogens is 4. The van der Waals surface area contributed by atoms with E-state index >= 15 is 0 Å². The van der Waals surface area contributed by atoms with Gasteiger partial charge in [-0.2, -0.15) is 13.2 Å². The van der Waals surface area contributed by atoms with Gasteiger partial charge in [0.15, 0.2) is 0 Å². The molecule has 1 rings (SSSR count). The van der Waals surface area contributed by atoms with Crippen LogP contribution >= 0.6 is 0 Å². The maximum Gasteiger partial charge on any atom is 0.390 e. The van der Waals surface area contributed by atoms with Crippen LogP contribution in [0.15, 0.2) is 18.2 Å². The average Bonchev–Trinajstić information content (AvgIpc) is 2.20. The van der Waals surface area contributed by atoms with E-state index in [4.69, 9.17) is 0 Å². The molecule has 0 unspecified atom stereocenters. The largest absolute Gasteiger partial charge is 0.508 e. The second-order valence-electron chi connectivity index (χ2n) is 3.88. The molecule has 6 heteroatoms. The third-order valence-corrected chi connectivity index (χ3v) is 2.26. The molecule has 0 aliphatic heterocycles. The summed E-state index contributed by atoms with van der Waals surface area (Å²) in [6.07, 6.45) is -5.14. The second-order valence-corrected chi connectivity index (χ2v) is 3.88. The lowest BCUT2D eigenvalue weighted by Crippen LogP contribution is -2.24. The predicted molar refractivity (Wildman–Crippen MR) is 55.1 cm³/mol. The standard InChI is InChI=1S/C11H13F4NO/c1-16(5-4-11(13,14)15)7-8-6-9(12)2-3-10(8)17/h2-3,6,17H,4-5,7H2,1H3. The third kappa shape index (κ3) is 5.04. The van der Waals surface area contributed by atoms with Crippen LogP contribution in [0.2, 0.25) is 0 Å². The number of rotatable bonds is 4. The zero-order valence-electron chi connectivity index (χ0n) is 9.26. The molecule has 17 heavy (non-hydrogen) atoms. The van der Waals surface area contributed by atoms with Crippen LogP contribution in [0.5, 0.6) is 5.75 Å². The highest BCUT2D eigenvalue weighted by molar-refractivity contribution is 5.32. The number of hydrogen-bond acceptors (Lipinski definition) is 2. The molecule has 0 aromatic heterocycles. The molecule has 0 aliphatic carbocycles. The summed E-state index contributed by atoms with van der Waals surface area (Å²) < 4.78 is 48.7. The Morgan fingerprint density at radius 3 is 2.53 bits per heavy atom. The lowest BCUT2D eigenvalue weighted by Gasteiger charge is -2.18. The number of phenols is 1. The van der Waals surface area contributed by atoms with Crippen molar-refractivity contribution in [1.82, 2.24) is 4.90 Å². The third-order valence-electron chi connectivity index (χ3n) is 2.26. The molecule has 0 spiro atoms. The van der Waals surface area contributed by atoms with Gasteiger partial charge in [0.05, 0.1) is 6.42 Å². The highest BCUT2D eigenvalue weighted by Crippen LogP contribution is 2.22. The Morgan fingerprint density at radius 1 is 1.29 bits per heavy atom. The lowest BCUT2D eigenvalue weighted by molar-refractivity contribution is -0.137. The molecular formula is C11H13F4NO. The van der Waals surface area contributed by atoms with Gasteiger partial charge in [-0.1, -0.05) is 0 Å². The molecule has 96 valence electrons. The van der Waals surface area contributed by atoms with Crippen molar-refractivity contribution in [3.05, 3.63) is 29.6 Å². The first-order valence-electron chi connectivity index (χ1n) is 5.00. The molecule has 0 amide bonds. The zero-order chi connectivity index (χ0) is 13.1. The molecule has 1 N–H and O–H groups in total. The molecule has 1 aromatic carbocycles. The minimum atomic E-state index is -4.21. The first kappa shape index (κ1) is 13.8. The van der Waals surface area contributed by atoms with Crippen molar-refractivity contribution in [3.63, 3.8) is 0 Å². The fraction of sp³-hybridized carbons (Fsp3) is 0.455. The minimum absolute atomic E-state index is 0.0691. The first-order chi connectivity index (χ1) is 7.78. The molecule has 0 saturated carbocycles. The molecule has 0 radical (unpaired) electrons. The van der Waals surface area contributed by atoms with Crippen LogP contribution in [0.4, 0.5) is 17.6 Å². The number of aromatic hydroxyl groups is 1. The number of nitrogens with zero attached hydrogens (tertiary/aromatic N) is 1. The van der Waals surface area contributed by atoms with Crippen molar-refractivity contribution < 1.29 is 22.7 Å². The van der Waals surface area contributed by atoms with Crippen LogP contribution in [0.3, 0.4) is 0 Å². The molecule has 0 bridgehead atoms. The van der Waals surface area contributed by atoms with Gasteiger partial charge in [0.2, 0.25) is 0 Å². The van der Waals surface area contributed by atoms with Crippen LogP contribution in [0.25, 0.3) is 0 Å². The summed E-state index contributed by atoms with van der Waals surface area (Å²) in [6.45, 7) is -0.126. The Balaban J connectivity index is 2.56. The van der Waals surface area contributed by atoms with Crippen molar-refractivity contribution in [1.29, 1.82) is 0 Å². The Hall–Kier alpha value is -1.30. The van der Waals surface area contributed by atoms with E-state index in [1.165, 1.54) is 18.0 Å². The van der Waals surface area contributed by atoms with Gasteiger partial charge in [0, 0.05) is 18.7 Å². The van der Waals surface area contributed by atoms with Crippen molar-refractivity contribution in [2.75, 3.05) is 13.6 Å². The van der Waals surface area contributed by atoms with Crippen LogP contribution in [0.1, 0.15) is 12.0 Å². The molecule has 0 fully saturated rings. The number of benzene rings is 1.